The number of nitrogens with one attached hydrogen (secondary N) is 1. The van der Waals surface area contributed by atoms with Crippen LogP contribution in [0, 0.1) is 18.8 Å². The van der Waals surface area contributed by atoms with Crippen molar-refractivity contribution < 1.29 is 14.6 Å². The number of amides is 1. The highest BCUT2D eigenvalue weighted by atomic mass is 16.5. The van der Waals surface area contributed by atoms with E-state index in [0.717, 1.165) is 11.1 Å². The topological polar surface area (TPSA) is 58.6 Å². The number of hydrogen-bond donors (Lipinski definition) is 2. The van der Waals surface area contributed by atoms with Crippen molar-refractivity contribution in [3.05, 3.63) is 29.3 Å². The van der Waals surface area contributed by atoms with E-state index in [2.05, 4.69) is 17.2 Å². The molecule has 0 fully saturated rings. The summed E-state index contributed by atoms with van der Waals surface area (Å²) in [6, 6.07) is 5.43. The highest BCUT2D eigenvalue weighted by Crippen LogP contribution is 2.17. The summed E-state index contributed by atoms with van der Waals surface area (Å²) in [6.07, 6.45) is 0. The van der Waals surface area contributed by atoms with Crippen LogP contribution in [0.4, 0.5) is 5.69 Å². The second-order valence-electron chi connectivity index (χ2n) is 4.66. The van der Waals surface area contributed by atoms with Crippen LogP contribution in [0.25, 0.3) is 0 Å². The number of aliphatic hydroxyl groups is 1. The Morgan fingerprint density at radius 3 is 2.68 bits per heavy atom. The van der Waals surface area contributed by atoms with Crippen molar-refractivity contribution in [1.82, 2.24) is 0 Å². The Morgan fingerprint density at radius 2 is 2.16 bits per heavy atom. The normalized spacial score (nSPS) is 10.6. The molecule has 4 heteroatoms. The fraction of sp³-hybridized carbons (Fsp3) is 0.400. The predicted molar refractivity (Wildman–Crippen MR) is 74.9 cm³/mol. The molecule has 1 aromatic carbocycles. The molecule has 0 aromatic heterocycles. The Morgan fingerprint density at radius 1 is 1.47 bits per heavy atom. The van der Waals surface area contributed by atoms with Gasteiger partial charge in [-0.05, 0) is 44.5 Å². The molecule has 0 unspecified atom stereocenters. The third kappa shape index (κ3) is 4.09. The van der Waals surface area contributed by atoms with Crippen molar-refractivity contribution in [3.8, 4) is 11.8 Å². The minimum Gasteiger partial charge on any atom is -0.384 e. The van der Waals surface area contributed by atoms with Crippen molar-refractivity contribution in [1.29, 1.82) is 0 Å². The number of rotatable bonds is 3. The van der Waals surface area contributed by atoms with Crippen LogP contribution in [0.5, 0.6) is 0 Å². The summed E-state index contributed by atoms with van der Waals surface area (Å²) in [5.41, 5.74) is 1.60. The first kappa shape index (κ1) is 15.2. The van der Waals surface area contributed by atoms with Gasteiger partial charge in [0.25, 0.3) is 5.91 Å². The quantitative estimate of drug-likeness (QED) is 0.814. The minimum atomic E-state index is -0.872. The molecule has 0 atom stereocenters. The standard InChI is InChI=1S/C15H19NO3/c1-11-10-13(8-7-12(11)6-5-9-17)16-14(18)15(2,3)19-4/h7-8,10,17H,9H2,1-4H3,(H,16,18). The average Bonchev–Trinajstić information content (AvgIpc) is 2.37. The summed E-state index contributed by atoms with van der Waals surface area (Å²) in [6.45, 7) is 5.14. The minimum absolute atomic E-state index is 0.167. The molecule has 1 amide bonds. The van der Waals surface area contributed by atoms with Crippen LogP contribution in [-0.2, 0) is 9.53 Å². The number of aryl methyl sites for hydroxylation is 1. The summed E-state index contributed by atoms with van der Waals surface area (Å²) in [4.78, 5) is 11.9. The summed E-state index contributed by atoms with van der Waals surface area (Å²) >= 11 is 0. The highest BCUT2D eigenvalue weighted by molar-refractivity contribution is 5.96. The number of carbonyl (C=O) groups is 1. The van der Waals surface area contributed by atoms with Crippen LogP contribution in [0.15, 0.2) is 18.2 Å². The Bertz CT molecular complexity index is 524. The van der Waals surface area contributed by atoms with Gasteiger partial charge in [-0.2, -0.15) is 0 Å². The molecule has 19 heavy (non-hydrogen) atoms. The van der Waals surface area contributed by atoms with E-state index in [-0.39, 0.29) is 12.5 Å². The number of carbonyl (C=O) groups excluding carboxylic acids is 1. The van der Waals surface area contributed by atoms with Gasteiger partial charge in [0.05, 0.1) is 0 Å². The molecule has 1 rings (SSSR count). The van der Waals surface area contributed by atoms with Crippen molar-refractivity contribution in [2.75, 3.05) is 19.0 Å². The molecule has 0 aliphatic heterocycles. The number of methoxy groups -OCH3 is 1. The van der Waals surface area contributed by atoms with Crippen molar-refractivity contribution >= 4 is 11.6 Å². The van der Waals surface area contributed by atoms with Gasteiger partial charge < -0.3 is 15.2 Å². The lowest BCUT2D eigenvalue weighted by Gasteiger charge is -2.21. The molecule has 0 saturated carbocycles. The van der Waals surface area contributed by atoms with Crippen molar-refractivity contribution in [3.63, 3.8) is 0 Å². The van der Waals surface area contributed by atoms with Gasteiger partial charge in [0.15, 0.2) is 0 Å². The maximum Gasteiger partial charge on any atom is 0.256 e. The second kappa shape index (κ2) is 6.37. The zero-order chi connectivity index (χ0) is 14.5. The molecule has 0 saturated heterocycles. The summed E-state index contributed by atoms with van der Waals surface area (Å²) in [5, 5.41) is 11.5. The molecule has 2 N–H and O–H groups in total. The lowest BCUT2D eigenvalue weighted by molar-refractivity contribution is -0.133. The van der Waals surface area contributed by atoms with E-state index < -0.39 is 5.60 Å². The van der Waals surface area contributed by atoms with Gasteiger partial charge in [0, 0.05) is 18.4 Å². The summed E-state index contributed by atoms with van der Waals surface area (Å²) in [5.74, 6) is 5.24. The smallest absolute Gasteiger partial charge is 0.256 e. The number of ether oxygens (including phenoxy) is 1. The van der Waals surface area contributed by atoms with E-state index in [9.17, 15) is 4.79 Å². The Hall–Kier alpha value is -1.83. The predicted octanol–water partition coefficient (Wildman–Crippen LogP) is 1.70. The van der Waals surface area contributed by atoms with Crippen LogP contribution in [0.1, 0.15) is 25.0 Å². The Labute approximate surface area is 113 Å². The van der Waals surface area contributed by atoms with Gasteiger partial charge in [-0.15, -0.1) is 0 Å². The molecule has 0 bridgehead atoms. The largest absolute Gasteiger partial charge is 0.384 e. The van der Waals surface area contributed by atoms with Gasteiger partial charge in [0.2, 0.25) is 0 Å². The number of aliphatic hydroxyl groups excluding tert-OH is 1. The van der Waals surface area contributed by atoms with Gasteiger partial charge in [-0.3, -0.25) is 4.79 Å². The van der Waals surface area contributed by atoms with E-state index >= 15 is 0 Å². The molecular formula is C15H19NO3. The first-order chi connectivity index (χ1) is 8.90. The fourth-order valence-corrected chi connectivity index (χ4v) is 1.39. The zero-order valence-electron chi connectivity index (χ0n) is 11.7. The molecule has 0 radical (unpaired) electrons. The molecule has 0 aliphatic rings. The first-order valence-corrected chi connectivity index (χ1v) is 5.97. The van der Waals surface area contributed by atoms with Gasteiger partial charge in [-0.25, -0.2) is 0 Å². The summed E-state index contributed by atoms with van der Waals surface area (Å²) < 4.78 is 5.12. The maximum absolute atomic E-state index is 11.9. The molecule has 0 spiro atoms. The Balaban J connectivity index is 2.88. The molecule has 102 valence electrons. The third-order valence-corrected chi connectivity index (χ3v) is 2.84. The second-order valence-corrected chi connectivity index (χ2v) is 4.66. The number of anilines is 1. The molecule has 0 heterocycles. The summed E-state index contributed by atoms with van der Waals surface area (Å²) in [7, 11) is 1.50. The van der Waals surface area contributed by atoms with E-state index in [1.54, 1.807) is 19.9 Å². The van der Waals surface area contributed by atoms with Gasteiger partial charge in [-0.1, -0.05) is 11.8 Å². The van der Waals surface area contributed by atoms with Crippen molar-refractivity contribution in [2.45, 2.75) is 26.4 Å². The monoisotopic (exact) mass is 261 g/mol. The maximum atomic E-state index is 11.9. The first-order valence-electron chi connectivity index (χ1n) is 5.97. The number of hydrogen-bond acceptors (Lipinski definition) is 3. The molecule has 0 aliphatic carbocycles. The van der Waals surface area contributed by atoms with Gasteiger partial charge in [0.1, 0.15) is 12.2 Å². The van der Waals surface area contributed by atoms with Crippen LogP contribution in [0.2, 0.25) is 0 Å². The van der Waals surface area contributed by atoms with Crippen LogP contribution >= 0.6 is 0 Å². The highest BCUT2D eigenvalue weighted by Gasteiger charge is 2.26. The van der Waals surface area contributed by atoms with Crippen LogP contribution < -0.4 is 5.32 Å². The Kier molecular flexibility index (Phi) is 5.11. The molecule has 1 aromatic rings. The van der Waals surface area contributed by atoms with E-state index in [4.69, 9.17) is 9.84 Å². The van der Waals surface area contributed by atoms with Crippen molar-refractivity contribution in [2.24, 2.45) is 0 Å². The third-order valence-electron chi connectivity index (χ3n) is 2.84. The van der Waals surface area contributed by atoms with Crippen LogP contribution in [-0.4, -0.2) is 30.3 Å². The fourth-order valence-electron chi connectivity index (χ4n) is 1.39. The number of benzene rings is 1. The van der Waals surface area contributed by atoms with E-state index in [1.165, 1.54) is 7.11 Å². The lowest BCUT2D eigenvalue weighted by atomic mass is 10.1. The lowest BCUT2D eigenvalue weighted by Crippen LogP contribution is -2.38. The van der Waals surface area contributed by atoms with E-state index in [1.807, 2.05) is 19.1 Å². The molecule has 4 nitrogen and oxygen atoms in total. The zero-order valence-corrected chi connectivity index (χ0v) is 11.7. The average molecular weight is 261 g/mol. The molecular weight excluding hydrogens is 242 g/mol. The SMILES string of the molecule is COC(C)(C)C(=O)Nc1ccc(C#CCO)c(C)c1. The van der Waals surface area contributed by atoms with Gasteiger partial charge >= 0.3 is 0 Å². The van der Waals surface area contributed by atoms with Crippen LogP contribution in [0.3, 0.4) is 0 Å². The van der Waals surface area contributed by atoms with E-state index in [0.29, 0.717) is 5.69 Å².